The Morgan fingerprint density at radius 1 is 0.374 bits per heavy atom. The van der Waals surface area contributed by atoms with Crippen molar-refractivity contribution in [2.24, 2.45) is 23.3 Å². The topological polar surface area (TPSA) is 724 Å². The van der Waals surface area contributed by atoms with Crippen molar-refractivity contribution >= 4 is 147 Å². The Bertz CT molecular complexity index is 4980. The number of H-pyrrole nitrogens is 2. The van der Waals surface area contributed by atoms with E-state index in [1.165, 1.54) is 94.2 Å². The summed E-state index contributed by atoms with van der Waals surface area (Å²) in [6.07, 6.45) is -2.66. The van der Waals surface area contributed by atoms with Gasteiger partial charge in [0.25, 0.3) is 0 Å². The van der Waals surface area contributed by atoms with E-state index in [0.29, 0.717) is 44.1 Å². The number of primary amides is 1. The molecule has 0 unspecified atom stereocenters. The van der Waals surface area contributed by atoms with Crippen LogP contribution in [0.3, 0.4) is 0 Å². The molecule has 4 aromatic carbocycles. The second-order valence-corrected chi connectivity index (χ2v) is 33.1. The molecular weight excluding hydrogens is 1750 g/mol. The van der Waals surface area contributed by atoms with Gasteiger partial charge in [-0.25, -0.2) is 4.79 Å². The largest absolute Gasteiger partial charge is 0.508 e. The van der Waals surface area contributed by atoms with Crippen molar-refractivity contribution in [1.82, 2.24) is 84.4 Å². The number of aliphatic hydroxyl groups is 5. The maximum absolute atomic E-state index is 15.0. The maximum Gasteiger partial charge on any atom is 0.326 e. The molecule has 0 aliphatic carbocycles. The van der Waals surface area contributed by atoms with Crippen molar-refractivity contribution in [1.29, 1.82) is 0 Å². The predicted molar refractivity (Wildman–Crippen MR) is 477 cm³/mol. The summed E-state index contributed by atoms with van der Waals surface area (Å²) >= 11 is 5.41. The molecule has 0 aliphatic heterocycles. The van der Waals surface area contributed by atoms with Crippen molar-refractivity contribution in [3.63, 3.8) is 0 Å². The van der Waals surface area contributed by atoms with Crippen LogP contribution in [0.2, 0.25) is 0 Å². The van der Waals surface area contributed by atoms with Crippen molar-refractivity contribution in [2.45, 2.75) is 202 Å². The first kappa shape index (κ1) is 107. The lowest BCUT2D eigenvalue weighted by Crippen LogP contribution is -2.63. The first-order valence-corrected chi connectivity index (χ1v) is 43.7. The van der Waals surface area contributed by atoms with Crippen LogP contribution in [0, 0.1) is 11.8 Å². The van der Waals surface area contributed by atoms with Gasteiger partial charge in [-0.15, -0.1) is 0 Å². The van der Waals surface area contributed by atoms with Gasteiger partial charge in [0.2, 0.25) is 88.6 Å². The first-order chi connectivity index (χ1) is 62.0. The monoisotopic (exact) mass is 1870 g/mol. The summed E-state index contributed by atoms with van der Waals surface area (Å²) in [5, 5.41) is 128. The summed E-state index contributed by atoms with van der Waals surface area (Å²) in [6.45, 7) is 4.75. The minimum Gasteiger partial charge on any atom is -0.508 e. The highest BCUT2D eigenvalue weighted by Crippen LogP contribution is 2.23. The van der Waals surface area contributed by atoms with Gasteiger partial charge < -0.3 is 142 Å². The number of benzene rings is 4. The molecule has 6 rings (SSSR count). The van der Waals surface area contributed by atoms with Crippen LogP contribution < -0.4 is 85.9 Å². The van der Waals surface area contributed by atoms with E-state index in [0.717, 1.165) is 13.8 Å². The fourth-order valence-electron chi connectivity index (χ4n) is 13.5. The molecule has 0 bridgehead atoms. The van der Waals surface area contributed by atoms with Gasteiger partial charge in [0.05, 0.1) is 38.1 Å². The highest BCUT2D eigenvalue weighted by molar-refractivity contribution is 7.98. The molecule has 2 heterocycles. The summed E-state index contributed by atoms with van der Waals surface area (Å²) in [6, 6.07) is -1.12. The molecule has 17 atom stereocenters. The maximum atomic E-state index is 15.0. The van der Waals surface area contributed by atoms with Crippen LogP contribution in [0.4, 0.5) is 0 Å². The summed E-state index contributed by atoms with van der Waals surface area (Å²) in [5.74, 6) is -22.2. The van der Waals surface area contributed by atoms with Gasteiger partial charge in [-0.05, 0) is 122 Å². The summed E-state index contributed by atoms with van der Waals surface area (Å²) < 4.78 is 0. The number of aliphatic carboxylic acids is 2. The third-order valence-electron chi connectivity index (χ3n) is 20.9. The number of para-hydroxylation sites is 2. The molecule has 0 radical (unpaired) electrons. The van der Waals surface area contributed by atoms with Gasteiger partial charge >= 0.3 is 11.9 Å². The Balaban J connectivity index is 1.16. The summed E-state index contributed by atoms with van der Waals surface area (Å²) in [7, 11) is 0. The number of thioether (sulfide) groups is 1. The standard InChI is InChI=1S/C85H116N18O26S2/c1-40(2)67(81(124)98-63(38-106)77(120)90-57(28-29-131-7)74(117)102-69(42(5)107)83(126)91-55(24-26-65(87)111)73(116)95-60(85(128)129)33-47-35-89-54-15-11-9-13-51(47)54)100-76(119)59(32-46-34-88-53-14-10-8-12-50(46)53)94-72(115)56(25-27-66(112)113)92-84(127)70(43(6)108)103-82(125)68(41(3)4)101-75(118)58(31-45-18-22-49(110)23-19-45)93-80(123)64(39-130)99-79(122)62(37-105)97-78(121)61(36-104)96-71(114)52(86)30-44-16-20-48(109)21-17-44/h8-23,34-35,40-43,52,55-64,67-70,88-89,104-110,130H,24-33,36-39,86H2,1-7H3,(H2,87,111)(H,90,120)(H,91,126)(H,92,127)(H,93,123)(H,94,115)(H,95,116)(H,96,114)(H,97,121)(H,98,124)(H,99,122)(H,100,119)(H,101,118)(H,102,117)(H,103,125)(H,112,113)(H,128,129)/t42-,43-,52+,55+,56+,57+,58+,59+,60+,61+,62+,63+,64+,67+,68+,69+,70+/m1/s1. The number of fused-ring (bicyclic) bond motifs is 2. The van der Waals surface area contributed by atoms with E-state index in [1.807, 2.05) is 0 Å². The van der Waals surface area contributed by atoms with E-state index >= 15 is 0 Å². The Labute approximate surface area is 761 Å². The average Bonchev–Trinajstić information content (AvgIpc) is 1.72. The van der Waals surface area contributed by atoms with Gasteiger partial charge in [0, 0.05) is 72.1 Å². The number of aromatic nitrogens is 2. The highest BCUT2D eigenvalue weighted by Gasteiger charge is 2.41. The van der Waals surface area contributed by atoms with E-state index < -0.39 is 273 Å². The third-order valence-corrected chi connectivity index (χ3v) is 21.9. The van der Waals surface area contributed by atoms with Gasteiger partial charge in [0.1, 0.15) is 96.1 Å². The van der Waals surface area contributed by atoms with Crippen LogP contribution in [0.15, 0.2) is 109 Å². The quantitative estimate of drug-likeness (QED) is 0.0158. The van der Waals surface area contributed by atoms with E-state index in [-0.39, 0.29) is 42.9 Å². The van der Waals surface area contributed by atoms with Gasteiger partial charge in [0.15, 0.2) is 0 Å². The number of carboxylic acid groups (broad SMARTS) is 2. The Morgan fingerprint density at radius 2 is 0.687 bits per heavy atom. The number of rotatable bonds is 54. The van der Waals surface area contributed by atoms with Crippen LogP contribution in [0.5, 0.6) is 11.5 Å². The number of nitrogens with one attached hydrogen (secondary N) is 16. The lowest BCUT2D eigenvalue weighted by Gasteiger charge is -2.30. The minimum atomic E-state index is -2.04. The zero-order chi connectivity index (χ0) is 97.2. The van der Waals surface area contributed by atoms with E-state index in [9.17, 15) is 127 Å². The molecule has 0 fully saturated rings. The SMILES string of the molecule is CSCC[C@H](NC(=O)[C@H](CO)NC(=O)[C@@H](NC(=O)[C@H](Cc1c[nH]c2ccccc12)NC(=O)[C@H](CCC(=O)O)NC(=O)[C@@H](NC(=O)[C@@H](NC(=O)[C@H](Cc1ccc(O)cc1)NC(=O)[C@H](CS)NC(=O)[C@H](CO)NC(=O)[C@H](CO)NC(=O)[C@@H](N)Cc1ccc(O)cc1)C(C)C)[C@@H](C)O)C(C)C)C(=O)N[C@H](C(=O)N[C@@H](CCC(N)=O)C(=O)N[C@@H](Cc1c[nH]c2ccccc12)C(=O)O)[C@@H](C)O. The molecule has 6 aromatic rings. The highest BCUT2D eigenvalue weighted by atomic mass is 32.2. The van der Waals surface area contributed by atoms with Crippen LogP contribution in [-0.4, -0.2) is 297 Å². The fraction of sp³-hybridized carbons (Fsp3) is 0.471. The smallest absolute Gasteiger partial charge is 0.326 e. The zero-order valence-electron chi connectivity index (χ0n) is 72.7. The molecule has 44 nitrogen and oxygen atoms in total. The van der Waals surface area contributed by atoms with E-state index in [2.05, 4.69) is 97.0 Å². The predicted octanol–water partition coefficient (Wildman–Crippen LogP) is -5.61. The number of phenols is 2. The molecule has 0 saturated heterocycles. The molecule has 46 heteroatoms. The number of carboxylic acids is 2. The number of thiol groups is 1. The number of hydrogen-bond donors (Lipinski definition) is 28. The Hall–Kier alpha value is -13.0. The second kappa shape index (κ2) is 52.0. The number of aliphatic hydroxyl groups excluding tert-OH is 5. The van der Waals surface area contributed by atoms with Crippen molar-refractivity contribution < 1.29 is 127 Å². The number of amides is 15. The number of carbonyl (C=O) groups is 17. The number of nitrogens with two attached hydrogens (primary N) is 2. The second-order valence-electron chi connectivity index (χ2n) is 31.8. The number of aromatic amines is 2. The minimum absolute atomic E-state index is 0.0470. The molecule has 0 saturated carbocycles. The zero-order valence-corrected chi connectivity index (χ0v) is 74.4. The van der Waals surface area contributed by atoms with Gasteiger partial charge in [-0.1, -0.05) is 88.4 Å². The number of hydrogen-bond acceptors (Lipinski definition) is 27. The molecule has 15 amide bonds. The van der Waals surface area contributed by atoms with E-state index in [4.69, 9.17) is 11.5 Å². The fourth-order valence-corrected chi connectivity index (χ4v) is 14.2. The van der Waals surface area contributed by atoms with Crippen LogP contribution >= 0.6 is 24.4 Å². The molecule has 714 valence electrons. The van der Waals surface area contributed by atoms with Crippen molar-refractivity contribution in [3.05, 3.63) is 132 Å². The van der Waals surface area contributed by atoms with Crippen molar-refractivity contribution in [3.8, 4) is 11.5 Å². The van der Waals surface area contributed by atoms with E-state index in [1.54, 1.807) is 61.0 Å². The van der Waals surface area contributed by atoms with Crippen molar-refractivity contribution in [2.75, 3.05) is 37.6 Å². The lowest BCUT2D eigenvalue weighted by atomic mass is 9.99. The Kier molecular flexibility index (Phi) is 42.4. The number of aromatic hydroxyl groups is 2. The van der Waals surface area contributed by atoms with Gasteiger partial charge in [-0.2, -0.15) is 24.4 Å². The molecule has 2 aromatic heterocycles. The summed E-state index contributed by atoms with van der Waals surface area (Å²) in [5.41, 5.74) is 14.4. The Morgan fingerprint density at radius 3 is 1.10 bits per heavy atom. The molecule has 0 aliphatic rings. The summed E-state index contributed by atoms with van der Waals surface area (Å²) in [4.78, 5) is 241. The molecule has 0 spiro atoms. The third kappa shape index (κ3) is 32.9. The van der Waals surface area contributed by atoms with Crippen LogP contribution in [0.1, 0.15) is 95.9 Å². The lowest BCUT2D eigenvalue weighted by molar-refractivity contribution is -0.142. The number of phenolic OH excluding ortho intramolecular Hbond substituents is 2. The normalized spacial score (nSPS) is 15.2. The molecular formula is C85H116N18O26S2. The van der Waals surface area contributed by atoms with Crippen LogP contribution in [0.25, 0.3) is 21.8 Å². The average molecular weight is 1870 g/mol. The van der Waals surface area contributed by atoms with Gasteiger partial charge in [-0.3, -0.25) is 76.7 Å². The molecule has 29 N–H and O–H groups in total. The molecule has 131 heavy (non-hydrogen) atoms. The first-order valence-electron chi connectivity index (χ1n) is 41.7. The number of carbonyl (C=O) groups excluding carboxylic acids is 15. The van der Waals surface area contributed by atoms with Crippen LogP contribution in [-0.2, 0) is 107 Å².